The summed E-state index contributed by atoms with van der Waals surface area (Å²) >= 11 is 18.6. The Morgan fingerprint density at radius 3 is 2.13 bits per heavy atom. The van der Waals surface area contributed by atoms with Gasteiger partial charge in [0.1, 0.15) is 18.1 Å². The summed E-state index contributed by atoms with van der Waals surface area (Å²) in [4.78, 5) is 0. The van der Waals surface area contributed by atoms with E-state index in [0.717, 1.165) is 11.1 Å². The van der Waals surface area contributed by atoms with Gasteiger partial charge in [0.15, 0.2) is 5.75 Å². The molecular weight excluding hydrogens is 447 g/mol. The lowest BCUT2D eigenvalue weighted by Crippen LogP contribution is -2.19. The molecule has 2 aromatic carbocycles. The summed E-state index contributed by atoms with van der Waals surface area (Å²) in [5.41, 5.74) is 1.65. The van der Waals surface area contributed by atoms with Crippen LogP contribution in [0.4, 0.5) is 0 Å². The van der Waals surface area contributed by atoms with Gasteiger partial charge in [-0.05, 0) is 48.4 Å². The molecule has 0 unspecified atom stereocenters. The fourth-order valence-electron chi connectivity index (χ4n) is 2.78. The van der Waals surface area contributed by atoms with Crippen LogP contribution < -0.4 is 9.47 Å². The highest BCUT2D eigenvalue weighted by molar-refractivity contribution is 6.37. The van der Waals surface area contributed by atoms with Crippen molar-refractivity contribution in [3.05, 3.63) is 82.4 Å². The van der Waals surface area contributed by atoms with E-state index >= 15 is 0 Å². The molecule has 0 heterocycles. The van der Waals surface area contributed by atoms with E-state index in [-0.39, 0.29) is 17.8 Å². The van der Waals surface area contributed by atoms with Gasteiger partial charge in [0.05, 0.1) is 16.7 Å². The van der Waals surface area contributed by atoms with E-state index in [1.165, 1.54) is 0 Å². The largest absolute Gasteiger partial charge is 0.490 e. The number of benzene rings is 2. The predicted octanol–water partition coefficient (Wildman–Crippen LogP) is 7.27. The molecule has 30 heavy (non-hydrogen) atoms. The molecule has 0 fully saturated rings. The highest BCUT2D eigenvalue weighted by atomic mass is 35.5. The second kappa shape index (κ2) is 10.9. The first kappa shape index (κ1) is 24.3. The zero-order chi connectivity index (χ0) is 22.3. The second-order valence-corrected chi connectivity index (χ2v) is 8.32. The number of ether oxygens (including phenoxy) is 3. The average Bonchev–Trinajstić information content (AvgIpc) is 2.68. The van der Waals surface area contributed by atoms with Crippen molar-refractivity contribution in [1.82, 2.24) is 0 Å². The van der Waals surface area contributed by atoms with Gasteiger partial charge in [-0.1, -0.05) is 55.8 Å². The molecule has 0 spiro atoms. The molecule has 0 atom stereocenters. The van der Waals surface area contributed by atoms with Crippen LogP contribution >= 0.6 is 34.8 Å². The van der Waals surface area contributed by atoms with Crippen LogP contribution in [-0.2, 0) is 10.2 Å². The van der Waals surface area contributed by atoms with Crippen LogP contribution in [0.1, 0.15) is 31.4 Å². The Morgan fingerprint density at radius 1 is 1.00 bits per heavy atom. The van der Waals surface area contributed by atoms with Crippen molar-refractivity contribution < 1.29 is 19.3 Å². The summed E-state index contributed by atoms with van der Waals surface area (Å²) in [7, 11) is 0. The Hall–Kier alpha value is -2.01. The Bertz CT molecular complexity index is 869. The van der Waals surface area contributed by atoms with Gasteiger partial charge >= 0.3 is 0 Å². The maximum atomic E-state index is 9.00. The lowest BCUT2D eigenvalue weighted by Gasteiger charge is -2.27. The van der Waals surface area contributed by atoms with Gasteiger partial charge in [0, 0.05) is 11.3 Å². The summed E-state index contributed by atoms with van der Waals surface area (Å²) in [5.74, 6) is 1.46. The van der Waals surface area contributed by atoms with Crippen LogP contribution in [0.2, 0.25) is 10.0 Å². The summed E-state index contributed by atoms with van der Waals surface area (Å²) < 4.78 is 16.1. The van der Waals surface area contributed by atoms with Gasteiger partial charge in [0.2, 0.25) is 0 Å². The molecule has 0 radical (unpaired) electrons. The molecule has 2 rings (SSSR count). The first-order valence-electron chi connectivity index (χ1n) is 9.30. The monoisotopic (exact) mass is 470 g/mol. The maximum absolute atomic E-state index is 9.00. The van der Waals surface area contributed by atoms with Crippen LogP contribution in [0.25, 0.3) is 0 Å². The highest BCUT2D eigenvalue weighted by Crippen LogP contribution is 2.40. The third-order valence-electron chi connectivity index (χ3n) is 4.48. The molecule has 2 aromatic rings. The van der Waals surface area contributed by atoms with Crippen molar-refractivity contribution in [3.63, 3.8) is 0 Å². The zero-order valence-electron chi connectivity index (χ0n) is 17.0. The molecular formula is C23H25Cl3O4. The van der Waals surface area contributed by atoms with Gasteiger partial charge in [-0.2, -0.15) is 0 Å². The predicted molar refractivity (Wildman–Crippen MR) is 123 cm³/mol. The zero-order valence-corrected chi connectivity index (χ0v) is 19.3. The normalized spacial score (nSPS) is 11.1. The van der Waals surface area contributed by atoms with Crippen molar-refractivity contribution in [2.45, 2.75) is 25.7 Å². The summed E-state index contributed by atoms with van der Waals surface area (Å²) in [6, 6.07) is 11.4. The lowest BCUT2D eigenvalue weighted by molar-refractivity contribution is 0.127. The SMILES string of the molecule is C=C(O)OC(=C)COc1ccc(C(C)(C)c2cc(Cl)c(OCCCCl)c(Cl)c2)cc1. The van der Waals surface area contributed by atoms with E-state index in [1.807, 2.05) is 36.4 Å². The van der Waals surface area contributed by atoms with Gasteiger partial charge in [-0.15, -0.1) is 11.6 Å². The number of aliphatic hydroxyl groups excluding tert-OH is 1. The molecule has 0 aliphatic rings. The molecule has 0 aliphatic carbocycles. The van der Waals surface area contributed by atoms with Crippen LogP contribution in [0, 0.1) is 0 Å². The molecule has 0 aromatic heterocycles. The van der Waals surface area contributed by atoms with Crippen molar-refractivity contribution in [2.24, 2.45) is 0 Å². The van der Waals surface area contributed by atoms with Crippen molar-refractivity contribution >= 4 is 34.8 Å². The molecule has 162 valence electrons. The van der Waals surface area contributed by atoms with Gasteiger partial charge in [-0.3, -0.25) is 0 Å². The number of hydrogen-bond acceptors (Lipinski definition) is 4. The van der Waals surface area contributed by atoms with Crippen molar-refractivity contribution in [1.29, 1.82) is 0 Å². The molecule has 0 saturated carbocycles. The van der Waals surface area contributed by atoms with Crippen molar-refractivity contribution in [3.8, 4) is 11.5 Å². The van der Waals surface area contributed by atoms with E-state index in [2.05, 4.69) is 27.0 Å². The highest BCUT2D eigenvalue weighted by Gasteiger charge is 2.25. The molecule has 0 aliphatic heterocycles. The lowest BCUT2D eigenvalue weighted by atomic mass is 9.78. The number of rotatable bonds is 11. The molecule has 4 nitrogen and oxygen atoms in total. The van der Waals surface area contributed by atoms with Gasteiger partial charge in [-0.25, -0.2) is 0 Å². The third kappa shape index (κ3) is 6.49. The van der Waals surface area contributed by atoms with E-state index in [9.17, 15) is 0 Å². The smallest absolute Gasteiger partial charge is 0.274 e. The molecule has 0 saturated heterocycles. The van der Waals surface area contributed by atoms with Crippen LogP contribution in [0.15, 0.2) is 61.3 Å². The van der Waals surface area contributed by atoms with E-state index in [0.29, 0.717) is 40.5 Å². The number of hydrogen-bond donors (Lipinski definition) is 1. The summed E-state index contributed by atoms with van der Waals surface area (Å²) in [6.07, 6.45) is 0.712. The van der Waals surface area contributed by atoms with Gasteiger partial charge in [0.25, 0.3) is 5.95 Å². The Labute approximate surface area is 192 Å². The number of aliphatic hydroxyl groups is 1. The first-order chi connectivity index (χ1) is 14.1. The number of halogens is 3. The minimum Gasteiger partial charge on any atom is -0.490 e. The summed E-state index contributed by atoms with van der Waals surface area (Å²) in [5, 5.41) is 9.92. The Balaban J connectivity index is 2.14. The van der Waals surface area contributed by atoms with Crippen LogP contribution in [0.5, 0.6) is 11.5 Å². The maximum Gasteiger partial charge on any atom is 0.274 e. The molecule has 7 heteroatoms. The Kier molecular flexibility index (Phi) is 8.78. The van der Waals surface area contributed by atoms with E-state index in [1.54, 1.807) is 0 Å². The van der Waals surface area contributed by atoms with Crippen molar-refractivity contribution in [2.75, 3.05) is 19.1 Å². The van der Waals surface area contributed by atoms with Crippen LogP contribution in [0.3, 0.4) is 0 Å². The van der Waals surface area contributed by atoms with E-state index < -0.39 is 5.95 Å². The van der Waals surface area contributed by atoms with Gasteiger partial charge < -0.3 is 19.3 Å². The molecule has 0 amide bonds. The standard InChI is InChI=1S/C23H25Cl3O4/c1-15(30-16(2)27)14-29-19-8-6-17(7-9-19)23(3,4)18-12-20(25)22(21(26)13-18)28-11-5-10-24/h6-9,12-13,27H,1-2,5,10-11,14H2,3-4H3. The van der Waals surface area contributed by atoms with E-state index in [4.69, 9.17) is 54.1 Å². The fraction of sp³-hybridized carbons (Fsp3) is 0.304. The average molecular weight is 472 g/mol. The Morgan fingerprint density at radius 2 is 1.60 bits per heavy atom. The number of alkyl halides is 1. The van der Waals surface area contributed by atoms with Crippen LogP contribution in [-0.4, -0.2) is 24.2 Å². The topological polar surface area (TPSA) is 47.9 Å². The quantitative estimate of drug-likeness (QED) is 0.213. The second-order valence-electron chi connectivity index (χ2n) is 7.13. The molecule has 0 bridgehead atoms. The fourth-order valence-corrected chi connectivity index (χ4v) is 3.49. The minimum atomic E-state index is -0.423. The minimum absolute atomic E-state index is 0.0959. The molecule has 1 N–H and O–H groups in total. The summed E-state index contributed by atoms with van der Waals surface area (Å²) in [6.45, 7) is 11.6. The third-order valence-corrected chi connectivity index (χ3v) is 5.31. The first-order valence-corrected chi connectivity index (χ1v) is 10.6.